The summed E-state index contributed by atoms with van der Waals surface area (Å²) >= 11 is 1.33. The molecule has 0 amide bonds. The Labute approximate surface area is 208 Å². The summed E-state index contributed by atoms with van der Waals surface area (Å²) in [4.78, 5) is 24.3. The second-order valence-electron chi connectivity index (χ2n) is 9.52. The number of rotatable bonds is 5. The molecule has 3 aromatic rings. The van der Waals surface area contributed by atoms with E-state index < -0.39 is 40.9 Å². The molecule has 1 aromatic carbocycles. The molecule has 0 aliphatic heterocycles. The molecule has 0 bridgehead atoms. The van der Waals surface area contributed by atoms with Crippen LogP contribution in [0.4, 0.5) is 24.8 Å². The zero-order valence-corrected chi connectivity index (χ0v) is 20.5. The van der Waals surface area contributed by atoms with Crippen molar-refractivity contribution in [1.82, 2.24) is 15.0 Å². The lowest BCUT2D eigenvalue weighted by molar-refractivity contribution is -0.198. The van der Waals surface area contributed by atoms with Crippen molar-refractivity contribution in [3.63, 3.8) is 0 Å². The number of benzene rings is 1. The number of halogens is 3. The minimum atomic E-state index is -4.59. The molecule has 2 heterocycles. The van der Waals surface area contributed by atoms with Crippen LogP contribution in [-0.2, 0) is 11.0 Å². The number of nitrogens with one attached hydrogen (secondary N) is 1. The molecule has 8 nitrogen and oxygen atoms in total. The van der Waals surface area contributed by atoms with Crippen molar-refractivity contribution in [2.24, 2.45) is 5.41 Å². The van der Waals surface area contributed by atoms with E-state index in [9.17, 15) is 33.3 Å². The van der Waals surface area contributed by atoms with Crippen molar-refractivity contribution in [3.8, 4) is 10.4 Å². The SMILES string of the molecule is Cc1cc(Nc2nccc(C(F)(F)F)n2)cc(-c2cnc(C3CCC(O)(C(=O)O)C(C)(C)C3O)s2)c1. The van der Waals surface area contributed by atoms with Crippen LogP contribution in [0.2, 0.25) is 0 Å². The van der Waals surface area contributed by atoms with Crippen LogP contribution in [-0.4, -0.2) is 47.9 Å². The molecule has 1 aliphatic rings. The Morgan fingerprint density at radius 2 is 1.94 bits per heavy atom. The fraction of sp³-hybridized carbons (Fsp3) is 0.417. The van der Waals surface area contributed by atoms with E-state index in [0.717, 1.165) is 28.3 Å². The zero-order valence-electron chi connectivity index (χ0n) is 19.7. The molecule has 1 aliphatic carbocycles. The van der Waals surface area contributed by atoms with Gasteiger partial charge in [0.2, 0.25) is 5.95 Å². The van der Waals surface area contributed by atoms with Gasteiger partial charge in [-0.05, 0) is 49.1 Å². The van der Waals surface area contributed by atoms with E-state index in [0.29, 0.717) is 10.7 Å². The number of alkyl halides is 3. The monoisotopic (exact) mass is 522 g/mol. The summed E-state index contributed by atoms with van der Waals surface area (Å²) in [6.45, 7) is 4.89. The highest BCUT2D eigenvalue weighted by Crippen LogP contribution is 2.51. The average molecular weight is 523 g/mol. The lowest BCUT2D eigenvalue weighted by atomic mass is 9.60. The summed E-state index contributed by atoms with van der Waals surface area (Å²) < 4.78 is 39.0. The summed E-state index contributed by atoms with van der Waals surface area (Å²) in [5.41, 5.74) is -2.33. The Morgan fingerprint density at radius 1 is 1.22 bits per heavy atom. The highest BCUT2D eigenvalue weighted by atomic mass is 32.1. The molecule has 3 atom stereocenters. The average Bonchev–Trinajstić information content (AvgIpc) is 3.27. The normalized spacial score (nSPS) is 23.9. The van der Waals surface area contributed by atoms with Gasteiger partial charge >= 0.3 is 12.1 Å². The topological polar surface area (TPSA) is 128 Å². The largest absolute Gasteiger partial charge is 0.479 e. The summed E-state index contributed by atoms with van der Waals surface area (Å²) in [5, 5.41) is 34.6. The van der Waals surface area contributed by atoms with Crippen LogP contribution in [0.1, 0.15) is 48.9 Å². The van der Waals surface area contributed by atoms with E-state index in [1.165, 1.54) is 25.2 Å². The standard InChI is InChI=1S/C24H25F3N4O4S/c1-12-8-13(10-14(9-12)30-21-28-7-5-17(31-21)24(25,26)27)16-11-29-19(36-16)15-4-6-23(35,20(33)34)22(2,3)18(15)32/h5,7-11,15,18,32,35H,4,6H2,1-3H3,(H,33,34)(H,28,30,31). The maximum absolute atomic E-state index is 13.0. The molecule has 36 heavy (non-hydrogen) atoms. The molecule has 0 spiro atoms. The molecule has 4 rings (SSSR count). The molecule has 192 valence electrons. The Bertz CT molecular complexity index is 1300. The maximum atomic E-state index is 13.0. The lowest BCUT2D eigenvalue weighted by Gasteiger charge is -2.49. The summed E-state index contributed by atoms with van der Waals surface area (Å²) in [6.07, 6.45) is -2.84. The number of nitrogens with zero attached hydrogens (tertiary/aromatic N) is 3. The fourth-order valence-corrected chi connectivity index (χ4v) is 5.60. The number of thiazole rings is 1. The number of carboxylic acid groups (broad SMARTS) is 1. The minimum Gasteiger partial charge on any atom is -0.479 e. The number of aliphatic hydroxyl groups is 2. The first-order chi connectivity index (χ1) is 16.7. The molecular weight excluding hydrogens is 497 g/mol. The van der Waals surface area contributed by atoms with E-state index in [1.54, 1.807) is 18.3 Å². The highest BCUT2D eigenvalue weighted by Gasteiger charge is 2.59. The van der Waals surface area contributed by atoms with Crippen LogP contribution in [0.3, 0.4) is 0 Å². The number of aliphatic carboxylic acids is 1. The van der Waals surface area contributed by atoms with Gasteiger partial charge in [-0.1, -0.05) is 19.9 Å². The van der Waals surface area contributed by atoms with E-state index in [-0.39, 0.29) is 18.8 Å². The van der Waals surface area contributed by atoms with Gasteiger partial charge in [-0.3, -0.25) is 0 Å². The van der Waals surface area contributed by atoms with Crippen LogP contribution in [0.5, 0.6) is 0 Å². The van der Waals surface area contributed by atoms with Crippen molar-refractivity contribution in [1.29, 1.82) is 0 Å². The third kappa shape index (κ3) is 4.67. The molecule has 1 fully saturated rings. The molecule has 0 radical (unpaired) electrons. The van der Waals surface area contributed by atoms with E-state index in [1.807, 2.05) is 13.0 Å². The Hall–Kier alpha value is -3.09. The third-order valence-corrected chi connectivity index (χ3v) is 7.94. The van der Waals surface area contributed by atoms with Crippen molar-refractivity contribution in [2.75, 3.05) is 5.32 Å². The van der Waals surface area contributed by atoms with Crippen molar-refractivity contribution in [3.05, 3.63) is 52.9 Å². The highest BCUT2D eigenvalue weighted by molar-refractivity contribution is 7.15. The van der Waals surface area contributed by atoms with Gasteiger partial charge in [-0.2, -0.15) is 13.2 Å². The number of aliphatic hydroxyl groups excluding tert-OH is 1. The second-order valence-corrected chi connectivity index (χ2v) is 10.6. The van der Waals surface area contributed by atoms with Crippen LogP contribution < -0.4 is 5.32 Å². The smallest absolute Gasteiger partial charge is 0.433 e. The first-order valence-electron chi connectivity index (χ1n) is 11.1. The van der Waals surface area contributed by atoms with Crippen LogP contribution in [0.15, 0.2) is 36.7 Å². The van der Waals surface area contributed by atoms with E-state index in [4.69, 9.17) is 0 Å². The van der Waals surface area contributed by atoms with Gasteiger partial charge in [0.1, 0.15) is 5.69 Å². The predicted octanol–water partition coefficient (Wildman–Crippen LogP) is 4.75. The number of aryl methyl sites for hydroxylation is 1. The first-order valence-corrected chi connectivity index (χ1v) is 11.9. The van der Waals surface area contributed by atoms with Crippen LogP contribution in [0, 0.1) is 12.3 Å². The van der Waals surface area contributed by atoms with E-state index in [2.05, 4.69) is 20.3 Å². The van der Waals surface area contributed by atoms with Crippen molar-refractivity contribution in [2.45, 2.75) is 57.4 Å². The van der Waals surface area contributed by atoms with Gasteiger partial charge in [0.15, 0.2) is 5.60 Å². The minimum absolute atomic E-state index is 0.0263. The van der Waals surface area contributed by atoms with Crippen LogP contribution >= 0.6 is 11.3 Å². The summed E-state index contributed by atoms with van der Waals surface area (Å²) in [6, 6.07) is 6.16. The van der Waals surface area contributed by atoms with E-state index >= 15 is 0 Å². The summed E-state index contributed by atoms with van der Waals surface area (Å²) in [7, 11) is 0. The maximum Gasteiger partial charge on any atom is 0.433 e. The number of carbonyl (C=O) groups is 1. The van der Waals surface area contributed by atoms with Gasteiger partial charge < -0.3 is 20.6 Å². The molecule has 3 unspecified atom stereocenters. The number of aromatic nitrogens is 3. The van der Waals surface area contributed by atoms with Gasteiger partial charge in [-0.15, -0.1) is 11.3 Å². The Kier molecular flexibility index (Phi) is 6.56. The Morgan fingerprint density at radius 3 is 2.61 bits per heavy atom. The predicted molar refractivity (Wildman–Crippen MR) is 127 cm³/mol. The number of carboxylic acids is 1. The lowest BCUT2D eigenvalue weighted by Crippen LogP contribution is -2.61. The van der Waals surface area contributed by atoms with Crippen molar-refractivity contribution >= 4 is 28.9 Å². The van der Waals surface area contributed by atoms with Crippen molar-refractivity contribution < 1.29 is 33.3 Å². The number of anilines is 2. The quantitative estimate of drug-likeness (QED) is 0.378. The molecule has 1 saturated carbocycles. The fourth-order valence-electron chi connectivity index (χ4n) is 4.53. The molecule has 4 N–H and O–H groups in total. The summed E-state index contributed by atoms with van der Waals surface area (Å²) in [5.74, 6) is -2.02. The van der Waals surface area contributed by atoms with Gasteiger partial charge in [0.25, 0.3) is 0 Å². The van der Waals surface area contributed by atoms with Gasteiger partial charge in [0.05, 0.1) is 16.0 Å². The third-order valence-electron chi connectivity index (χ3n) is 6.76. The first kappa shape index (κ1) is 26.0. The number of hydrogen-bond acceptors (Lipinski definition) is 8. The van der Waals surface area contributed by atoms with Gasteiger partial charge in [0, 0.05) is 29.4 Å². The molecule has 2 aromatic heterocycles. The van der Waals surface area contributed by atoms with Gasteiger partial charge in [-0.25, -0.2) is 19.7 Å². The zero-order chi connectivity index (χ0) is 26.5. The number of hydrogen-bond donors (Lipinski definition) is 4. The molecule has 0 saturated heterocycles. The Balaban J connectivity index is 1.59. The van der Waals surface area contributed by atoms with Crippen LogP contribution in [0.25, 0.3) is 10.4 Å². The second kappa shape index (κ2) is 9.09. The molecule has 12 heteroatoms. The molecular formula is C24H25F3N4O4S.